The first-order valence-corrected chi connectivity index (χ1v) is 10.2. The minimum absolute atomic E-state index is 0.0424. The maximum Gasteiger partial charge on any atom is 0.359 e. The van der Waals surface area contributed by atoms with Gasteiger partial charge in [0.2, 0.25) is 0 Å². The van der Waals surface area contributed by atoms with E-state index < -0.39 is 54.2 Å². The van der Waals surface area contributed by atoms with Crippen molar-refractivity contribution in [3.63, 3.8) is 0 Å². The summed E-state index contributed by atoms with van der Waals surface area (Å²) in [4.78, 5) is 36.1. The number of hydrogen-bond acceptors (Lipinski definition) is 8. The van der Waals surface area contributed by atoms with Crippen LogP contribution in [0.25, 0.3) is 0 Å². The molecule has 3 unspecified atom stereocenters. The molecule has 0 aliphatic carbocycles. The molecule has 0 spiro atoms. The monoisotopic (exact) mass is 422 g/mol. The summed E-state index contributed by atoms with van der Waals surface area (Å²) in [6, 6.07) is 0. The second-order valence-corrected chi connectivity index (χ2v) is 10.4. The van der Waals surface area contributed by atoms with Crippen LogP contribution in [0.1, 0.15) is 45.8 Å². The highest BCUT2D eigenvalue weighted by molar-refractivity contribution is 7.54. The zero-order chi connectivity index (χ0) is 21.7. The summed E-state index contributed by atoms with van der Waals surface area (Å²) in [5.74, 6) is 0. The van der Waals surface area contributed by atoms with E-state index in [0.29, 0.717) is 0 Å². The maximum absolute atomic E-state index is 12.3. The third-order valence-electron chi connectivity index (χ3n) is 4.63. The molecule has 0 radical (unpaired) electrons. The van der Waals surface area contributed by atoms with Gasteiger partial charge in [-0.25, -0.2) is 4.79 Å². The molecule has 5 atom stereocenters. The van der Waals surface area contributed by atoms with Crippen LogP contribution >= 0.6 is 7.60 Å². The Labute approximate surface area is 161 Å². The van der Waals surface area contributed by atoms with Crippen LogP contribution in [-0.2, 0) is 20.9 Å². The van der Waals surface area contributed by atoms with E-state index in [-0.39, 0.29) is 12.0 Å². The highest BCUT2D eigenvalue weighted by atomic mass is 31.2. The van der Waals surface area contributed by atoms with Crippen molar-refractivity contribution in [1.29, 1.82) is 0 Å². The van der Waals surface area contributed by atoms with Gasteiger partial charge in [0.05, 0.1) is 17.3 Å². The molecule has 160 valence electrons. The van der Waals surface area contributed by atoms with Crippen LogP contribution < -0.4 is 11.2 Å². The summed E-state index contributed by atoms with van der Waals surface area (Å²) >= 11 is 0. The van der Waals surface area contributed by atoms with E-state index in [1.807, 2.05) is 0 Å². The normalized spacial score (nSPS) is 28.3. The minimum atomic E-state index is -4.42. The van der Waals surface area contributed by atoms with Crippen molar-refractivity contribution in [3.05, 3.63) is 32.6 Å². The average molecular weight is 422 g/mol. The summed E-state index contributed by atoms with van der Waals surface area (Å²) in [6.07, 6.45) is -4.12. The number of aliphatic hydroxyl groups excluding tert-OH is 2. The first-order valence-electron chi connectivity index (χ1n) is 8.63. The second-order valence-electron chi connectivity index (χ2n) is 8.06. The van der Waals surface area contributed by atoms with E-state index in [1.54, 1.807) is 0 Å². The molecule has 28 heavy (non-hydrogen) atoms. The number of aliphatic hydroxyl groups is 3. The topological polar surface area (TPSA) is 171 Å². The van der Waals surface area contributed by atoms with Crippen LogP contribution in [0.2, 0.25) is 0 Å². The molecule has 2 rings (SSSR count). The van der Waals surface area contributed by atoms with Crippen molar-refractivity contribution in [2.24, 2.45) is 7.05 Å². The lowest BCUT2D eigenvalue weighted by atomic mass is 9.96. The lowest BCUT2D eigenvalue weighted by molar-refractivity contribution is -0.0448. The van der Waals surface area contributed by atoms with Crippen LogP contribution in [0.15, 0.2) is 15.8 Å². The summed E-state index contributed by atoms with van der Waals surface area (Å²) in [6.45, 7) is 5.21. The highest BCUT2D eigenvalue weighted by Gasteiger charge is 2.49. The molecule has 1 aliphatic heterocycles. The Kier molecular flexibility index (Phi) is 6.14. The molecule has 0 aromatic carbocycles. The molecule has 1 saturated heterocycles. The van der Waals surface area contributed by atoms with Gasteiger partial charge in [-0.15, -0.1) is 0 Å². The number of aromatic nitrogens is 2. The van der Waals surface area contributed by atoms with E-state index in [9.17, 15) is 34.4 Å². The van der Waals surface area contributed by atoms with Crippen molar-refractivity contribution >= 4 is 7.60 Å². The fourth-order valence-electron chi connectivity index (χ4n) is 2.93. The van der Waals surface area contributed by atoms with Gasteiger partial charge >= 0.3 is 13.3 Å². The van der Waals surface area contributed by atoms with Crippen LogP contribution in [0.4, 0.5) is 0 Å². The van der Waals surface area contributed by atoms with Gasteiger partial charge in [-0.1, -0.05) is 0 Å². The van der Waals surface area contributed by atoms with Crippen LogP contribution in [0.3, 0.4) is 0 Å². The van der Waals surface area contributed by atoms with E-state index in [4.69, 9.17) is 9.26 Å². The largest absolute Gasteiger partial charge is 0.388 e. The minimum Gasteiger partial charge on any atom is -0.388 e. The summed E-state index contributed by atoms with van der Waals surface area (Å²) in [5.41, 5.74) is -2.68. The van der Waals surface area contributed by atoms with Gasteiger partial charge in [-0.2, -0.15) is 0 Å². The Bertz CT molecular complexity index is 885. The summed E-state index contributed by atoms with van der Waals surface area (Å²) in [7, 11) is -3.16. The van der Waals surface area contributed by atoms with E-state index >= 15 is 0 Å². The number of aromatic amines is 1. The Morgan fingerprint density at radius 2 is 1.82 bits per heavy atom. The van der Waals surface area contributed by atoms with Gasteiger partial charge in [0.1, 0.15) is 18.3 Å². The first-order chi connectivity index (χ1) is 12.6. The predicted octanol–water partition coefficient (Wildman–Crippen LogP) is -0.666. The molecule has 12 heteroatoms. The number of ether oxygens (including phenoxy) is 1. The Balaban J connectivity index is 2.23. The molecular formula is C16H27N2O9P. The summed E-state index contributed by atoms with van der Waals surface area (Å²) in [5, 5.41) is 28.5. The molecule has 11 nitrogen and oxygen atoms in total. The van der Waals surface area contributed by atoms with Crippen molar-refractivity contribution in [2.75, 3.05) is 0 Å². The molecule has 5 N–H and O–H groups in total. The van der Waals surface area contributed by atoms with E-state index in [0.717, 1.165) is 24.6 Å². The number of nitrogens with zero attached hydrogens (tertiary/aromatic N) is 1. The van der Waals surface area contributed by atoms with E-state index in [2.05, 4.69) is 4.98 Å². The summed E-state index contributed by atoms with van der Waals surface area (Å²) < 4.78 is 23.9. The van der Waals surface area contributed by atoms with Crippen LogP contribution in [0.5, 0.6) is 0 Å². The molecule has 1 fully saturated rings. The van der Waals surface area contributed by atoms with Crippen molar-refractivity contribution < 1.29 is 34.0 Å². The number of H-pyrrole nitrogens is 1. The number of rotatable bonds is 6. The van der Waals surface area contributed by atoms with E-state index in [1.165, 1.54) is 20.9 Å². The average Bonchev–Trinajstić information content (AvgIpc) is 2.78. The number of nitrogens with one attached hydrogen (secondary N) is 1. The fraction of sp³-hybridized carbons (Fsp3) is 0.750. The molecule has 0 saturated carbocycles. The molecular weight excluding hydrogens is 395 g/mol. The Hall–Kier alpha value is -1.33. The van der Waals surface area contributed by atoms with Gasteiger partial charge in [0, 0.05) is 19.7 Å². The van der Waals surface area contributed by atoms with Crippen molar-refractivity contribution in [1.82, 2.24) is 9.55 Å². The van der Waals surface area contributed by atoms with Gasteiger partial charge in [-0.05, 0) is 27.7 Å². The lowest BCUT2D eigenvalue weighted by Crippen LogP contribution is -2.38. The third-order valence-corrected chi connectivity index (χ3v) is 6.76. The Morgan fingerprint density at radius 1 is 1.25 bits per heavy atom. The second kappa shape index (κ2) is 7.49. The van der Waals surface area contributed by atoms with Crippen molar-refractivity contribution in [2.45, 2.75) is 69.5 Å². The predicted molar refractivity (Wildman–Crippen MR) is 97.8 cm³/mol. The van der Waals surface area contributed by atoms with Crippen molar-refractivity contribution in [3.8, 4) is 0 Å². The zero-order valence-corrected chi connectivity index (χ0v) is 17.2. The quantitative estimate of drug-likeness (QED) is 0.373. The Morgan fingerprint density at radius 3 is 2.36 bits per heavy atom. The van der Waals surface area contributed by atoms with Gasteiger partial charge in [-0.3, -0.25) is 13.9 Å². The van der Waals surface area contributed by atoms with Gasteiger partial charge < -0.3 is 34.5 Å². The SMILES string of the molecule is Cn1c(=O)[nH]cc(C2OC(CC(C)(C)OP(=O)(O)C(C)(C)O)[C@@H](O)[C@H]2O)c1=O. The molecule has 0 bridgehead atoms. The van der Waals surface area contributed by atoms with Gasteiger partial charge in [0.25, 0.3) is 5.56 Å². The molecule has 1 aliphatic rings. The smallest absolute Gasteiger partial charge is 0.359 e. The molecule has 0 amide bonds. The van der Waals surface area contributed by atoms with Crippen LogP contribution in [-0.4, -0.2) is 59.0 Å². The lowest BCUT2D eigenvalue weighted by Gasteiger charge is -2.34. The fourth-order valence-corrected chi connectivity index (χ4v) is 3.90. The molecule has 1 aromatic heterocycles. The highest BCUT2D eigenvalue weighted by Crippen LogP contribution is 2.57. The molecule has 2 heterocycles. The van der Waals surface area contributed by atoms with Gasteiger partial charge in [0.15, 0.2) is 5.34 Å². The third kappa shape index (κ3) is 4.46. The number of hydrogen-bond donors (Lipinski definition) is 5. The standard InChI is InChI=1S/C16H27N2O9P/c1-15(2,27-28(24,25)16(3,4)23)6-9-10(19)11(20)12(26-9)8-7-17-14(22)18(5)13(8)21/h7,9-12,19-20,23H,6H2,1-5H3,(H,17,22)(H,24,25)/t9?,10-,11-,12?/m1/s1. The maximum atomic E-state index is 12.3. The first kappa shape index (κ1) is 23.0. The zero-order valence-electron chi connectivity index (χ0n) is 16.3. The molecule has 1 aromatic rings. The van der Waals surface area contributed by atoms with Crippen LogP contribution in [0, 0.1) is 0 Å².